The molecule has 3 rings (SSSR count). The molecular formula is C17H16Cl2N4. The number of imidazole rings is 1. The van der Waals surface area contributed by atoms with Gasteiger partial charge in [-0.1, -0.05) is 23.7 Å². The second-order valence-corrected chi connectivity index (χ2v) is 5.27. The molecule has 0 unspecified atom stereocenters. The van der Waals surface area contributed by atoms with E-state index in [1.54, 1.807) is 12.5 Å². The average molecular weight is 347 g/mol. The lowest BCUT2D eigenvalue weighted by Crippen LogP contribution is -2.00. The first-order valence-corrected chi connectivity index (χ1v) is 7.25. The quantitative estimate of drug-likeness (QED) is 0.545. The summed E-state index contributed by atoms with van der Waals surface area (Å²) in [7, 11) is 0. The topological polar surface area (TPSA) is 42.2 Å². The van der Waals surface area contributed by atoms with Crippen LogP contribution in [0, 0.1) is 0 Å². The maximum absolute atomic E-state index is 5.86. The number of aromatic nitrogens is 2. The Bertz CT molecular complexity index is 763. The van der Waals surface area contributed by atoms with Crippen LogP contribution in [-0.2, 0) is 0 Å². The van der Waals surface area contributed by atoms with Gasteiger partial charge in [0.1, 0.15) is 0 Å². The molecule has 0 aliphatic heterocycles. The van der Waals surface area contributed by atoms with Gasteiger partial charge in [-0.3, -0.25) is 5.43 Å². The monoisotopic (exact) mass is 346 g/mol. The van der Waals surface area contributed by atoms with E-state index in [2.05, 4.69) is 15.5 Å². The molecule has 0 bridgehead atoms. The molecule has 0 aliphatic carbocycles. The van der Waals surface area contributed by atoms with Crippen LogP contribution >= 0.6 is 24.0 Å². The molecule has 23 heavy (non-hydrogen) atoms. The van der Waals surface area contributed by atoms with E-state index in [4.69, 9.17) is 11.6 Å². The van der Waals surface area contributed by atoms with Gasteiger partial charge in [0.15, 0.2) is 0 Å². The fourth-order valence-corrected chi connectivity index (χ4v) is 2.15. The summed E-state index contributed by atoms with van der Waals surface area (Å²) in [6, 6.07) is 15.6. The van der Waals surface area contributed by atoms with E-state index >= 15 is 0 Å². The normalized spacial score (nSPS) is 11.0. The van der Waals surface area contributed by atoms with Crippen molar-refractivity contribution in [2.45, 2.75) is 6.92 Å². The maximum Gasteiger partial charge on any atom is 0.0991 e. The van der Waals surface area contributed by atoms with Crippen molar-refractivity contribution in [2.24, 2.45) is 5.10 Å². The van der Waals surface area contributed by atoms with Crippen molar-refractivity contribution < 1.29 is 0 Å². The predicted molar refractivity (Wildman–Crippen MR) is 98.1 cm³/mol. The van der Waals surface area contributed by atoms with Crippen LogP contribution in [0.5, 0.6) is 0 Å². The van der Waals surface area contributed by atoms with Gasteiger partial charge in [0.05, 0.1) is 17.7 Å². The average Bonchev–Trinajstić information content (AvgIpc) is 3.09. The third-order valence-electron chi connectivity index (χ3n) is 3.28. The summed E-state index contributed by atoms with van der Waals surface area (Å²) in [6.07, 6.45) is 5.45. The van der Waals surface area contributed by atoms with Gasteiger partial charge < -0.3 is 4.57 Å². The number of hydrazone groups is 1. The molecule has 4 nitrogen and oxygen atoms in total. The van der Waals surface area contributed by atoms with Crippen molar-refractivity contribution in [1.29, 1.82) is 0 Å². The van der Waals surface area contributed by atoms with Gasteiger partial charge in [0.2, 0.25) is 0 Å². The molecule has 0 spiro atoms. The van der Waals surface area contributed by atoms with Gasteiger partial charge >= 0.3 is 0 Å². The second kappa shape index (κ2) is 7.81. The molecule has 0 fully saturated rings. The number of nitrogens with one attached hydrogen (secondary N) is 1. The third kappa shape index (κ3) is 4.34. The zero-order chi connectivity index (χ0) is 15.4. The summed E-state index contributed by atoms with van der Waals surface area (Å²) in [4.78, 5) is 4.05. The highest BCUT2D eigenvalue weighted by Gasteiger charge is 2.00. The van der Waals surface area contributed by atoms with Crippen LogP contribution in [-0.4, -0.2) is 15.3 Å². The van der Waals surface area contributed by atoms with Crippen molar-refractivity contribution in [3.8, 4) is 5.69 Å². The molecule has 3 aromatic rings. The summed E-state index contributed by atoms with van der Waals surface area (Å²) in [6.45, 7) is 1.97. The molecular weight excluding hydrogens is 331 g/mol. The molecule has 1 heterocycles. The van der Waals surface area contributed by atoms with E-state index in [0.717, 1.165) is 22.6 Å². The largest absolute Gasteiger partial charge is 0.306 e. The number of anilines is 1. The van der Waals surface area contributed by atoms with Crippen LogP contribution in [0.2, 0.25) is 5.02 Å². The van der Waals surface area contributed by atoms with Crippen molar-refractivity contribution in [1.82, 2.24) is 9.55 Å². The van der Waals surface area contributed by atoms with Crippen LogP contribution in [0.4, 0.5) is 5.69 Å². The molecule has 0 saturated heterocycles. The Balaban J connectivity index is 0.00000192. The summed E-state index contributed by atoms with van der Waals surface area (Å²) < 4.78 is 1.96. The van der Waals surface area contributed by atoms with Crippen LogP contribution < -0.4 is 5.43 Å². The Labute approximate surface area is 146 Å². The Morgan fingerprint density at radius 2 is 1.78 bits per heavy atom. The molecule has 118 valence electrons. The van der Waals surface area contributed by atoms with Gasteiger partial charge in [0, 0.05) is 23.1 Å². The van der Waals surface area contributed by atoms with Crippen molar-refractivity contribution in [3.63, 3.8) is 0 Å². The van der Waals surface area contributed by atoms with Crippen LogP contribution in [0.15, 0.2) is 72.4 Å². The summed E-state index contributed by atoms with van der Waals surface area (Å²) in [5.74, 6) is 0. The summed E-state index contributed by atoms with van der Waals surface area (Å²) >= 11 is 5.86. The Kier molecular flexibility index (Phi) is 5.79. The van der Waals surface area contributed by atoms with E-state index in [1.165, 1.54) is 0 Å². The van der Waals surface area contributed by atoms with Gasteiger partial charge in [-0.25, -0.2) is 4.98 Å². The number of benzene rings is 2. The van der Waals surface area contributed by atoms with E-state index in [-0.39, 0.29) is 12.4 Å². The number of hydrogen-bond acceptors (Lipinski definition) is 3. The standard InChI is InChI=1S/C17H15ClN4.ClH/c1-13(20-21-16-6-4-15(18)5-7-16)14-2-8-17(9-3-14)22-11-10-19-12-22;/h2-12,21H,1H3;1H/b20-13+;. The molecule has 6 heteroatoms. The maximum atomic E-state index is 5.86. The van der Waals surface area contributed by atoms with E-state index in [1.807, 2.05) is 66.2 Å². The smallest absolute Gasteiger partial charge is 0.0991 e. The van der Waals surface area contributed by atoms with Crippen LogP contribution in [0.25, 0.3) is 5.69 Å². The van der Waals surface area contributed by atoms with Gasteiger partial charge in [-0.05, 0) is 48.9 Å². The zero-order valence-corrected chi connectivity index (χ0v) is 14.1. The minimum Gasteiger partial charge on any atom is -0.306 e. The fourth-order valence-electron chi connectivity index (χ4n) is 2.02. The third-order valence-corrected chi connectivity index (χ3v) is 3.54. The zero-order valence-electron chi connectivity index (χ0n) is 12.5. The first-order chi connectivity index (χ1) is 10.7. The number of nitrogens with zero attached hydrogens (tertiary/aromatic N) is 3. The summed E-state index contributed by atoms with van der Waals surface area (Å²) in [5.41, 5.74) is 6.97. The van der Waals surface area contributed by atoms with Crippen molar-refractivity contribution >= 4 is 35.4 Å². The molecule has 0 saturated carbocycles. The lowest BCUT2D eigenvalue weighted by atomic mass is 10.1. The molecule has 2 aromatic carbocycles. The van der Waals surface area contributed by atoms with Gasteiger partial charge in [0.25, 0.3) is 0 Å². The Morgan fingerprint density at radius 1 is 1.09 bits per heavy atom. The van der Waals surface area contributed by atoms with Gasteiger partial charge in [-0.15, -0.1) is 12.4 Å². The molecule has 0 radical (unpaired) electrons. The Morgan fingerprint density at radius 3 is 2.39 bits per heavy atom. The number of halogens is 2. The Hall–Kier alpha value is -2.30. The van der Waals surface area contributed by atoms with Crippen LogP contribution in [0.3, 0.4) is 0 Å². The highest BCUT2D eigenvalue weighted by Crippen LogP contribution is 2.14. The number of hydrogen-bond donors (Lipinski definition) is 1. The molecule has 1 aromatic heterocycles. The molecule has 0 aliphatic rings. The minimum atomic E-state index is 0. The van der Waals surface area contributed by atoms with Gasteiger partial charge in [-0.2, -0.15) is 5.10 Å². The first kappa shape index (κ1) is 17.1. The van der Waals surface area contributed by atoms with Crippen molar-refractivity contribution in [3.05, 3.63) is 77.8 Å². The predicted octanol–water partition coefficient (Wildman–Crippen LogP) is 4.78. The molecule has 0 amide bonds. The number of rotatable bonds is 4. The van der Waals surface area contributed by atoms with Crippen LogP contribution in [0.1, 0.15) is 12.5 Å². The highest BCUT2D eigenvalue weighted by atomic mass is 35.5. The van der Waals surface area contributed by atoms with Crippen molar-refractivity contribution in [2.75, 3.05) is 5.43 Å². The van der Waals surface area contributed by atoms with E-state index in [9.17, 15) is 0 Å². The highest BCUT2D eigenvalue weighted by molar-refractivity contribution is 6.30. The molecule has 1 N–H and O–H groups in total. The van der Waals surface area contributed by atoms with E-state index in [0.29, 0.717) is 5.02 Å². The fraction of sp³-hybridized carbons (Fsp3) is 0.0588. The first-order valence-electron chi connectivity index (χ1n) is 6.87. The SMILES string of the molecule is C/C(=N\Nc1ccc(Cl)cc1)c1ccc(-n2ccnc2)cc1.Cl. The van der Waals surface area contributed by atoms with E-state index < -0.39 is 0 Å². The lowest BCUT2D eigenvalue weighted by molar-refractivity contribution is 1.06. The minimum absolute atomic E-state index is 0. The molecule has 0 atom stereocenters. The second-order valence-electron chi connectivity index (χ2n) is 4.83. The summed E-state index contributed by atoms with van der Waals surface area (Å²) in [5, 5.41) is 5.10. The lowest BCUT2D eigenvalue weighted by Gasteiger charge is -2.06.